The van der Waals surface area contributed by atoms with Crippen molar-refractivity contribution in [3.05, 3.63) is 57.0 Å². The zero-order valence-corrected chi connectivity index (χ0v) is 18.0. The maximum Gasteiger partial charge on any atom is 0.182 e. The number of ether oxygens (including phenoxy) is 2. The van der Waals surface area contributed by atoms with Crippen molar-refractivity contribution >= 4 is 37.6 Å². The van der Waals surface area contributed by atoms with Gasteiger partial charge in [-0.1, -0.05) is 15.9 Å². The standard InChI is InChI=1S/C20H21Br2NO3/c1-20(2,23-9-11-25-12-10-23)19(24)14-3-6-16(7-4-14)26-18-8-5-15(21)13-17(18)22/h3-8,13H,9-12H2,1-2H3. The van der Waals surface area contributed by atoms with Gasteiger partial charge < -0.3 is 9.47 Å². The maximum absolute atomic E-state index is 13.0. The molecule has 0 atom stereocenters. The van der Waals surface area contributed by atoms with Gasteiger partial charge in [0.25, 0.3) is 0 Å². The monoisotopic (exact) mass is 481 g/mol. The fourth-order valence-corrected chi connectivity index (χ4v) is 4.11. The van der Waals surface area contributed by atoms with Gasteiger partial charge in [0.1, 0.15) is 11.5 Å². The molecule has 2 aromatic carbocycles. The Labute approximate surface area is 170 Å². The SMILES string of the molecule is CC(C)(C(=O)c1ccc(Oc2ccc(Br)cc2Br)cc1)N1CCOCC1. The Kier molecular flexibility index (Phi) is 6.17. The summed E-state index contributed by atoms with van der Waals surface area (Å²) in [6, 6.07) is 13.0. The van der Waals surface area contributed by atoms with E-state index in [1.807, 2.05) is 56.3 Å². The Morgan fingerprint density at radius 1 is 1.08 bits per heavy atom. The molecule has 1 aliphatic rings. The number of carbonyl (C=O) groups is 1. The maximum atomic E-state index is 13.0. The average molecular weight is 483 g/mol. The van der Waals surface area contributed by atoms with E-state index in [0.29, 0.717) is 24.5 Å². The van der Waals surface area contributed by atoms with Crippen molar-refractivity contribution in [3.8, 4) is 11.5 Å². The van der Waals surface area contributed by atoms with Crippen molar-refractivity contribution in [1.82, 2.24) is 4.90 Å². The molecule has 3 rings (SSSR count). The predicted molar refractivity (Wildman–Crippen MR) is 109 cm³/mol. The van der Waals surface area contributed by atoms with Gasteiger partial charge in [-0.15, -0.1) is 0 Å². The Hall–Kier alpha value is -1.21. The van der Waals surface area contributed by atoms with Gasteiger partial charge in [0.2, 0.25) is 0 Å². The second kappa shape index (κ2) is 8.21. The van der Waals surface area contributed by atoms with Crippen LogP contribution in [0.1, 0.15) is 24.2 Å². The van der Waals surface area contributed by atoms with Crippen molar-refractivity contribution in [1.29, 1.82) is 0 Å². The van der Waals surface area contributed by atoms with E-state index in [1.54, 1.807) is 0 Å². The van der Waals surface area contributed by atoms with E-state index in [0.717, 1.165) is 27.8 Å². The van der Waals surface area contributed by atoms with Crippen LogP contribution in [0.4, 0.5) is 0 Å². The van der Waals surface area contributed by atoms with Gasteiger partial charge in [-0.25, -0.2) is 0 Å². The third kappa shape index (κ3) is 4.36. The molecule has 0 bridgehead atoms. The summed E-state index contributed by atoms with van der Waals surface area (Å²) < 4.78 is 13.1. The molecule has 2 aromatic rings. The Balaban J connectivity index is 1.73. The molecule has 0 amide bonds. The lowest BCUT2D eigenvalue weighted by Crippen LogP contribution is -2.54. The molecule has 0 unspecified atom stereocenters. The molecule has 6 heteroatoms. The van der Waals surface area contributed by atoms with E-state index in [9.17, 15) is 4.79 Å². The van der Waals surface area contributed by atoms with E-state index in [-0.39, 0.29) is 5.78 Å². The molecule has 0 radical (unpaired) electrons. The first kappa shape index (κ1) is 19.5. The topological polar surface area (TPSA) is 38.8 Å². The average Bonchev–Trinajstić information content (AvgIpc) is 2.65. The molecule has 0 spiro atoms. The molecule has 0 N–H and O–H groups in total. The molecular weight excluding hydrogens is 462 g/mol. The van der Waals surface area contributed by atoms with Crippen LogP contribution in [0.15, 0.2) is 51.4 Å². The van der Waals surface area contributed by atoms with Crippen LogP contribution < -0.4 is 4.74 Å². The van der Waals surface area contributed by atoms with Gasteiger partial charge in [-0.05, 0) is 72.2 Å². The zero-order valence-electron chi connectivity index (χ0n) is 14.8. The molecular formula is C20H21Br2NO3. The number of Topliss-reactive ketones (excluding diaryl/α,β-unsaturated/α-hetero) is 1. The van der Waals surface area contributed by atoms with E-state index >= 15 is 0 Å². The predicted octanol–water partition coefficient (Wildman–Crippen LogP) is 5.30. The quantitative estimate of drug-likeness (QED) is 0.542. The smallest absolute Gasteiger partial charge is 0.182 e. The Morgan fingerprint density at radius 2 is 1.73 bits per heavy atom. The molecule has 0 aromatic heterocycles. The van der Waals surface area contributed by atoms with Gasteiger partial charge in [-0.2, -0.15) is 0 Å². The minimum atomic E-state index is -0.555. The van der Waals surface area contributed by atoms with Gasteiger partial charge >= 0.3 is 0 Å². The van der Waals surface area contributed by atoms with Crippen molar-refractivity contribution < 1.29 is 14.3 Å². The van der Waals surface area contributed by atoms with Crippen LogP contribution in [0.5, 0.6) is 11.5 Å². The summed E-state index contributed by atoms with van der Waals surface area (Å²) in [4.78, 5) is 15.2. The number of halogens is 2. The molecule has 1 aliphatic heterocycles. The lowest BCUT2D eigenvalue weighted by molar-refractivity contribution is -0.00429. The fraction of sp³-hybridized carbons (Fsp3) is 0.350. The summed E-state index contributed by atoms with van der Waals surface area (Å²) in [5.74, 6) is 1.52. The van der Waals surface area contributed by atoms with Gasteiger partial charge in [0.05, 0.1) is 23.2 Å². The normalized spacial score (nSPS) is 15.7. The Bertz CT molecular complexity index is 784. The molecule has 0 aliphatic carbocycles. The van der Waals surface area contributed by atoms with Gasteiger partial charge in [-0.3, -0.25) is 9.69 Å². The highest BCUT2D eigenvalue weighted by atomic mass is 79.9. The van der Waals surface area contributed by atoms with Crippen LogP contribution in [0.25, 0.3) is 0 Å². The first-order valence-electron chi connectivity index (χ1n) is 8.48. The van der Waals surface area contributed by atoms with Crippen LogP contribution >= 0.6 is 31.9 Å². The third-order valence-corrected chi connectivity index (χ3v) is 5.71. The number of hydrogen-bond acceptors (Lipinski definition) is 4. The summed E-state index contributed by atoms with van der Waals surface area (Å²) in [6.07, 6.45) is 0. The minimum Gasteiger partial charge on any atom is -0.456 e. The number of benzene rings is 2. The molecule has 1 saturated heterocycles. The molecule has 1 heterocycles. The van der Waals surface area contributed by atoms with E-state index in [4.69, 9.17) is 9.47 Å². The molecule has 138 valence electrons. The highest BCUT2D eigenvalue weighted by Gasteiger charge is 2.35. The van der Waals surface area contributed by atoms with Crippen molar-refractivity contribution in [2.75, 3.05) is 26.3 Å². The third-order valence-electron chi connectivity index (χ3n) is 4.60. The summed E-state index contributed by atoms with van der Waals surface area (Å²) in [5, 5.41) is 0. The zero-order chi connectivity index (χ0) is 18.7. The first-order valence-corrected chi connectivity index (χ1v) is 10.1. The second-order valence-electron chi connectivity index (χ2n) is 6.69. The second-order valence-corrected chi connectivity index (χ2v) is 8.46. The van der Waals surface area contributed by atoms with E-state index < -0.39 is 5.54 Å². The largest absolute Gasteiger partial charge is 0.456 e. The van der Waals surface area contributed by atoms with Crippen LogP contribution in [-0.4, -0.2) is 42.5 Å². The number of carbonyl (C=O) groups excluding carboxylic acids is 1. The van der Waals surface area contributed by atoms with Crippen molar-refractivity contribution in [2.45, 2.75) is 19.4 Å². The summed E-state index contributed by atoms with van der Waals surface area (Å²) in [5.41, 5.74) is 0.129. The van der Waals surface area contributed by atoms with Crippen LogP contribution in [0.3, 0.4) is 0 Å². The molecule has 26 heavy (non-hydrogen) atoms. The molecule has 1 fully saturated rings. The fourth-order valence-electron chi connectivity index (χ4n) is 2.98. The van der Waals surface area contributed by atoms with Crippen LogP contribution in [0, 0.1) is 0 Å². The number of nitrogens with zero attached hydrogens (tertiary/aromatic N) is 1. The van der Waals surface area contributed by atoms with Crippen LogP contribution in [0.2, 0.25) is 0 Å². The highest BCUT2D eigenvalue weighted by Crippen LogP contribution is 2.32. The summed E-state index contributed by atoms with van der Waals surface area (Å²) in [7, 11) is 0. The summed E-state index contributed by atoms with van der Waals surface area (Å²) >= 11 is 6.91. The van der Waals surface area contributed by atoms with E-state index in [1.165, 1.54) is 0 Å². The Morgan fingerprint density at radius 3 is 2.35 bits per heavy atom. The number of morpholine rings is 1. The van der Waals surface area contributed by atoms with E-state index in [2.05, 4.69) is 36.8 Å². The molecule has 0 saturated carbocycles. The minimum absolute atomic E-state index is 0.107. The van der Waals surface area contributed by atoms with Crippen molar-refractivity contribution in [2.24, 2.45) is 0 Å². The highest BCUT2D eigenvalue weighted by molar-refractivity contribution is 9.11. The lowest BCUT2D eigenvalue weighted by Gasteiger charge is -2.39. The van der Waals surface area contributed by atoms with Gasteiger partial charge in [0, 0.05) is 23.1 Å². The first-order chi connectivity index (χ1) is 12.4. The number of rotatable bonds is 5. The van der Waals surface area contributed by atoms with Gasteiger partial charge in [0.15, 0.2) is 5.78 Å². The lowest BCUT2D eigenvalue weighted by atomic mass is 9.91. The number of hydrogen-bond donors (Lipinski definition) is 0. The number of ketones is 1. The summed E-state index contributed by atoms with van der Waals surface area (Å²) in [6.45, 7) is 6.85. The van der Waals surface area contributed by atoms with Crippen molar-refractivity contribution in [3.63, 3.8) is 0 Å². The van der Waals surface area contributed by atoms with Crippen LogP contribution in [-0.2, 0) is 4.74 Å². The molecule has 4 nitrogen and oxygen atoms in total.